The van der Waals surface area contributed by atoms with Gasteiger partial charge >= 0.3 is 0 Å². The summed E-state index contributed by atoms with van der Waals surface area (Å²) in [5.41, 5.74) is 2.22. The van der Waals surface area contributed by atoms with Gasteiger partial charge in [0.2, 0.25) is 0 Å². The molecule has 192 valence electrons. The number of phenols is 1. The van der Waals surface area contributed by atoms with Crippen molar-refractivity contribution in [2.24, 2.45) is 10.9 Å². The molecule has 0 radical (unpaired) electrons. The summed E-state index contributed by atoms with van der Waals surface area (Å²) in [6.45, 7) is 6.32. The molecule has 0 aliphatic carbocycles. The second kappa shape index (κ2) is 13.5. The molecule has 6 heteroatoms. The van der Waals surface area contributed by atoms with Gasteiger partial charge in [0.05, 0.1) is 24.7 Å². The van der Waals surface area contributed by atoms with Crippen LogP contribution in [-0.2, 0) is 11.2 Å². The Labute approximate surface area is 210 Å². The molecule has 0 saturated carbocycles. The molecule has 4 atom stereocenters. The second-order valence-corrected chi connectivity index (χ2v) is 9.70. The van der Waals surface area contributed by atoms with Gasteiger partial charge in [0.25, 0.3) is 0 Å². The zero-order chi connectivity index (χ0) is 25.2. The molecule has 6 nitrogen and oxygen atoms in total. The lowest BCUT2D eigenvalue weighted by Gasteiger charge is -2.20. The fraction of sp³-hybridized carbons (Fsp3) is 0.552. The molecule has 3 rings (SSSR count). The second-order valence-electron chi connectivity index (χ2n) is 9.70. The van der Waals surface area contributed by atoms with Crippen molar-refractivity contribution in [3.05, 3.63) is 59.7 Å². The number of phenolic OH excluding ortho intramolecular Hbond substituents is 1. The van der Waals surface area contributed by atoms with Crippen molar-refractivity contribution in [3.63, 3.8) is 0 Å². The molecule has 0 saturated heterocycles. The zero-order valence-corrected chi connectivity index (χ0v) is 21.3. The third kappa shape index (κ3) is 8.55. The van der Waals surface area contributed by atoms with Gasteiger partial charge in [0, 0.05) is 12.0 Å². The monoisotopic (exact) mass is 483 g/mol. The molecular formula is C29H41NO5. The first-order valence-corrected chi connectivity index (χ1v) is 13.0. The van der Waals surface area contributed by atoms with Crippen molar-refractivity contribution in [2.45, 2.75) is 90.4 Å². The van der Waals surface area contributed by atoms with E-state index in [1.807, 2.05) is 18.3 Å². The van der Waals surface area contributed by atoms with Gasteiger partial charge in [-0.05, 0) is 57.2 Å². The maximum absolute atomic E-state index is 10.2. The van der Waals surface area contributed by atoms with Gasteiger partial charge in [0.15, 0.2) is 23.8 Å². The molecule has 0 amide bonds. The van der Waals surface area contributed by atoms with Crippen LogP contribution in [0.1, 0.15) is 71.3 Å². The summed E-state index contributed by atoms with van der Waals surface area (Å²) in [5, 5.41) is 29.5. The number of aryl methyl sites for hydroxylation is 1. The summed E-state index contributed by atoms with van der Waals surface area (Å²) in [6.07, 6.45) is 14.1. The predicted molar refractivity (Wildman–Crippen MR) is 139 cm³/mol. The van der Waals surface area contributed by atoms with Crippen molar-refractivity contribution in [1.82, 2.24) is 0 Å². The van der Waals surface area contributed by atoms with Gasteiger partial charge in [0.1, 0.15) is 12.2 Å². The lowest BCUT2D eigenvalue weighted by atomic mass is 9.94. The Balaban J connectivity index is 1.41. The molecule has 2 aliphatic heterocycles. The maximum atomic E-state index is 10.2. The number of aliphatic hydroxyl groups excluding tert-OH is 2. The van der Waals surface area contributed by atoms with E-state index in [4.69, 9.17) is 9.47 Å². The van der Waals surface area contributed by atoms with Gasteiger partial charge in [-0.1, -0.05) is 38.0 Å². The summed E-state index contributed by atoms with van der Waals surface area (Å²) in [6, 6.07) is 6.46. The van der Waals surface area contributed by atoms with Crippen LogP contribution in [0.25, 0.3) is 0 Å². The third-order valence-corrected chi connectivity index (χ3v) is 6.68. The Morgan fingerprint density at radius 2 is 2.03 bits per heavy atom. The zero-order valence-electron chi connectivity index (χ0n) is 21.3. The molecule has 1 aromatic carbocycles. The highest BCUT2D eigenvalue weighted by molar-refractivity contribution is 5.83. The highest BCUT2D eigenvalue weighted by atomic mass is 16.5. The molecular weight excluding hydrogens is 442 g/mol. The van der Waals surface area contributed by atoms with Gasteiger partial charge in [-0.2, -0.15) is 12.5 Å². The topological polar surface area (TPSA) is 91.5 Å². The minimum atomic E-state index is -0.711. The Hall–Kier alpha value is -2.57. The van der Waals surface area contributed by atoms with Crippen LogP contribution in [0.2, 0.25) is 0 Å². The molecule has 2 aliphatic rings. The molecule has 0 aromatic heterocycles. The van der Waals surface area contributed by atoms with E-state index in [0.717, 1.165) is 48.6 Å². The normalized spacial score (nSPS) is 19.6. The molecule has 1 unspecified atom stereocenters. The molecule has 2 heterocycles. The maximum Gasteiger partial charge on any atom is 0.176 e. The number of aromatic hydroxyl groups is 1. The van der Waals surface area contributed by atoms with Crippen molar-refractivity contribution < 1.29 is 24.8 Å². The van der Waals surface area contributed by atoms with E-state index in [0.29, 0.717) is 25.2 Å². The average molecular weight is 484 g/mol. The summed E-state index contributed by atoms with van der Waals surface area (Å²) in [4.78, 5) is 4.49. The largest absolute Gasteiger partial charge is 0.592 e. The third-order valence-electron chi connectivity index (χ3n) is 6.68. The van der Waals surface area contributed by atoms with Crippen molar-refractivity contribution in [2.75, 3.05) is 6.61 Å². The Kier molecular flexibility index (Phi) is 10.4. The molecule has 0 fully saturated rings. The highest BCUT2D eigenvalue weighted by Gasteiger charge is 2.26. The SMILES string of the molecule is CCCCC1[CH-]C=C(CCc2ccc(O)c(OCC[C+]3C=C([C@H](C)CC[C@H](O)[C@H](C)O)C=N3)c2)O1. The van der Waals surface area contributed by atoms with Gasteiger partial charge in [-0.15, -0.1) is 4.99 Å². The lowest BCUT2D eigenvalue weighted by Crippen LogP contribution is -2.23. The molecule has 1 aromatic rings. The Morgan fingerprint density at radius 3 is 2.80 bits per heavy atom. The van der Waals surface area contributed by atoms with Crippen LogP contribution in [0.15, 0.2) is 46.7 Å². The first-order valence-electron chi connectivity index (χ1n) is 13.0. The number of aliphatic imine (C=N–C) groups is 1. The first-order chi connectivity index (χ1) is 16.9. The number of hydrogen-bond donors (Lipinski definition) is 3. The molecule has 35 heavy (non-hydrogen) atoms. The smallest absolute Gasteiger partial charge is 0.176 e. The number of rotatable bonds is 15. The number of aliphatic hydroxyl groups is 2. The van der Waals surface area contributed by atoms with E-state index in [9.17, 15) is 15.3 Å². The van der Waals surface area contributed by atoms with Crippen LogP contribution in [-0.4, -0.2) is 46.5 Å². The molecule has 0 bridgehead atoms. The van der Waals surface area contributed by atoms with Gasteiger partial charge in [-0.3, -0.25) is 0 Å². The first kappa shape index (κ1) is 27.0. The van der Waals surface area contributed by atoms with E-state index >= 15 is 0 Å². The lowest BCUT2D eigenvalue weighted by molar-refractivity contribution is 0.0235. The Morgan fingerprint density at radius 1 is 1.20 bits per heavy atom. The van der Waals surface area contributed by atoms with Crippen molar-refractivity contribution in [1.29, 1.82) is 0 Å². The van der Waals surface area contributed by atoms with Crippen LogP contribution < -0.4 is 4.74 Å². The fourth-order valence-electron chi connectivity index (χ4n) is 4.21. The molecule has 0 spiro atoms. The van der Waals surface area contributed by atoms with Crippen molar-refractivity contribution in [3.8, 4) is 11.5 Å². The van der Waals surface area contributed by atoms with E-state index in [2.05, 4.69) is 37.4 Å². The average Bonchev–Trinajstić information content (AvgIpc) is 3.51. The Bertz CT molecular complexity index is 891. The van der Waals surface area contributed by atoms with Gasteiger partial charge < -0.3 is 24.8 Å². The van der Waals surface area contributed by atoms with E-state index < -0.39 is 12.2 Å². The van der Waals surface area contributed by atoms with Crippen LogP contribution in [0.5, 0.6) is 11.5 Å². The number of ether oxygens (including phenoxy) is 2. The minimum Gasteiger partial charge on any atom is -0.592 e. The number of unbranched alkanes of at least 4 members (excludes halogenated alkanes) is 1. The summed E-state index contributed by atoms with van der Waals surface area (Å²) in [7, 11) is 0. The molecule has 3 N–H and O–H groups in total. The summed E-state index contributed by atoms with van der Waals surface area (Å²) >= 11 is 0. The van der Waals surface area contributed by atoms with Crippen LogP contribution in [0.4, 0.5) is 0 Å². The summed E-state index contributed by atoms with van der Waals surface area (Å²) < 4.78 is 11.9. The van der Waals surface area contributed by atoms with Crippen LogP contribution in [0.3, 0.4) is 0 Å². The number of nitrogens with zero attached hydrogens (tertiary/aromatic N) is 1. The quantitative estimate of drug-likeness (QED) is 0.288. The standard InChI is InChI=1S/C29H41NO5/c1-4-5-6-25-11-12-26(35-25)10-8-22-9-14-28(33)29(17-22)34-16-15-24-18-23(19-30-24)20(2)7-13-27(32)21(3)31/h9,11-12,14,17-21,25,27,31-33H,4-8,10,13,15-16H2,1-3H3/t20-,21+,25?,27+/m1/s1. The highest BCUT2D eigenvalue weighted by Crippen LogP contribution is 2.31. The number of benzene rings is 1. The van der Waals surface area contributed by atoms with Crippen LogP contribution in [0, 0.1) is 18.4 Å². The van der Waals surface area contributed by atoms with E-state index in [1.54, 1.807) is 13.0 Å². The van der Waals surface area contributed by atoms with Gasteiger partial charge in [-0.25, -0.2) is 0 Å². The van der Waals surface area contributed by atoms with Crippen molar-refractivity contribution >= 4 is 6.21 Å². The minimum absolute atomic E-state index is 0.138. The van der Waals surface area contributed by atoms with E-state index in [1.165, 1.54) is 12.8 Å². The van der Waals surface area contributed by atoms with E-state index in [-0.39, 0.29) is 17.8 Å². The predicted octanol–water partition coefficient (Wildman–Crippen LogP) is 5.47. The van der Waals surface area contributed by atoms with Crippen LogP contribution >= 0.6 is 0 Å². The summed E-state index contributed by atoms with van der Waals surface area (Å²) in [5.74, 6) is 1.90. The number of hydrogen-bond acceptors (Lipinski definition) is 6. The fourth-order valence-corrected chi connectivity index (χ4v) is 4.21. The number of allylic oxidation sites excluding steroid dienone is 2.